The minimum absolute atomic E-state index is 0.275. The summed E-state index contributed by atoms with van der Waals surface area (Å²) in [5.41, 5.74) is 0.00378. The highest BCUT2D eigenvalue weighted by molar-refractivity contribution is 5.95. The van der Waals surface area contributed by atoms with Gasteiger partial charge in [-0.25, -0.2) is 9.59 Å². The van der Waals surface area contributed by atoms with E-state index in [-0.39, 0.29) is 17.0 Å². The third-order valence-corrected chi connectivity index (χ3v) is 2.72. The smallest absolute Gasteiger partial charge is 0.339 e. The van der Waals surface area contributed by atoms with E-state index in [1.807, 2.05) is 0 Å². The Morgan fingerprint density at radius 3 is 2.71 bits per heavy atom. The van der Waals surface area contributed by atoms with E-state index in [0.717, 1.165) is 5.76 Å². The van der Waals surface area contributed by atoms with Gasteiger partial charge in [-0.1, -0.05) is 0 Å². The van der Waals surface area contributed by atoms with E-state index in [4.69, 9.17) is 9.52 Å². The van der Waals surface area contributed by atoms with Crippen LogP contribution in [0, 0.1) is 0 Å². The number of amides is 2. The number of hydrogen-bond acceptors (Lipinski definition) is 4. The van der Waals surface area contributed by atoms with Crippen LogP contribution in [0.2, 0.25) is 0 Å². The number of carbonyl (C=O) groups excluding carboxylic acids is 1. The highest BCUT2D eigenvalue weighted by Crippen LogP contribution is 2.21. The van der Waals surface area contributed by atoms with Gasteiger partial charge >= 0.3 is 12.0 Å². The summed E-state index contributed by atoms with van der Waals surface area (Å²) in [7, 11) is 0. The molecule has 0 radical (unpaired) electrons. The second-order valence-electron chi connectivity index (χ2n) is 4.25. The van der Waals surface area contributed by atoms with Crippen LogP contribution in [0.3, 0.4) is 0 Å². The number of aromatic hydroxyl groups is 1. The molecular weight excluding hydrogens is 276 g/mol. The Bertz CT molecular complexity index is 637. The monoisotopic (exact) mass is 290 g/mol. The lowest BCUT2D eigenvalue weighted by atomic mass is 10.2. The van der Waals surface area contributed by atoms with Crippen molar-refractivity contribution in [1.29, 1.82) is 0 Å². The number of carboxylic acid groups (broad SMARTS) is 1. The van der Waals surface area contributed by atoms with E-state index in [9.17, 15) is 14.7 Å². The molecule has 0 saturated heterocycles. The van der Waals surface area contributed by atoms with Crippen molar-refractivity contribution >= 4 is 17.7 Å². The van der Waals surface area contributed by atoms with Crippen LogP contribution in [0.5, 0.6) is 5.75 Å². The third kappa shape index (κ3) is 4.00. The maximum atomic E-state index is 11.6. The molecule has 0 aliphatic heterocycles. The number of phenols is 1. The van der Waals surface area contributed by atoms with Crippen molar-refractivity contribution in [2.75, 3.05) is 11.9 Å². The van der Waals surface area contributed by atoms with Gasteiger partial charge in [0, 0.05) is 18.7 Å². The zero-order valence-electron chi connectivity index (χ0n) is 11.0. The van der Waals surface area contributed by atoms with Gasteiger partial charge in [0.2, 0.25) is 0 Å². The molecule has 0 spiro atoms. The first-order valence-corrected chi connectivity index (χ1v) is 6.20. The van der Waals surface area contributed by atoms with E-state index < -0.39 is 12.0 Å². The predicted octanol–water partition coefficient (Wildman–Crippen LogP) is 2.05. The number of anilines is 1. The summed E-state index contributed by atoms with van der Waals surface area (Å²) in [5, 5.41) is 23.3. The normalized spacial score (nSPS) is 10.1. The van der Waals surface area contributed by atoms with Crippen LogP contribution in [0.4, 0.5) is 10.5 Å². The van der Waals surface area contributed by atoms with Crippen molar-refractivity contribution in [3.63, 3.8) is 0 Å². The van der Waals surface area contributed by atoms with Crippen LogP contribution < -0.4 is 10.6 Å². The van der Waals surface area contributed by atoms with Crippen LogP contribution in [-0.4, -0.2) is 28.8 Å². The molecule has 1 aromatic heterocycles. The number of aromatic carboxylic acids is 1. The zero-order chi connectivity index (χ0) is 15.2. The SMILES string of the molecule is O=C(NCCc1ccco1)Nc1ccc(O)c(C(=O)O)c1. The molecule has 0 atom stereocenters. The number of urea groups is 1. The summed E-state index contributed by atoms with van der Waals surface area (Å²) in [6.45, 7) is 0.378. The molecule has 21 heavy (non-hydrogen) atoms. The van der Waals surface area contributed by atoms with Crippen molar-refractivity contribution in [3.8, 4) is 5.75 Å². The summed E-state index contributed by atoms with van der Waals surface area (Å²) in [6, 6.07) is 6.90. The number of nitrogens with one attached hydrogen (secondary N) is 2. The fraction of sp³-hybridized carbons (Fsp3) is 0.143. The molecule has 2 amide bonds. The Kier molecular flexibility index (Phi) is 4.45. The molecule has 0 fully saturated rings. The Morgan fingerprint density at radius 1 is 1.24 bits per heavy atom. The van der Waals surface area contributed by atoms with Crippen LogP contribution in [0.1, 0.15) is 16.1 Å². The summed E-state index contributed by atoms with van der Waals surface area (Å²) in [4.78, 5) is 22.5. The van der Waals surface area contributed by atoms with Gasteiger partial charge in [-0.15, -0.1) is 0 Å². The van der Waals surface area contributed by atoms with Crippen molar-refractivity contribution in [2.45, 2.75) is 6.42 Å². The van der Waals surface area contributed by atoms with Crippen LogP contribution in [-0.2, 0) is 6.42 Å². The predicted molar refractivity (Wildman–Crippen MR) is 74.5 cm³/mol. The lowest BCUT2D eigenvalue weighted by molar-refractivity contribution is 0.0693. The molecule has 7 heteroatoms. The third-order valence-electron chi connectivity index (χ3n) is 2.72. The van der Waals surface area contributed by atoms with E-state index in [0.29, 0.717) is 13.0 Å². The Hall–Kier alpha value is -2.96. The summed E-state index contributed by atoms with van der Waals surface area (Å²) < 4.78 is 5.12. The molecule has 0 aliphatic rings. The van der Waals surface area contributed by atoms with Gasteiger partial charge < -0.3 is 25.3 Å². The van der Waals surface area contributed by atoms with Crippen LogP contribution in [0.15, 0.2) is 41.0 Å². The second-order valence-corrected chi connectivity index (χ2v) is 4.25. The molecule has 110 valence electrons. The van der Waals surface area contributed by atoms with Crippen molar-refractivity contribution < 1.29 is 24.2 Å². The number of benzene rings is 1. The number of carboxylic acids is 1. The quantitative estimate of drug-likeness (QED) is 0.630. The average molecular weight is 290 g/mol. The van der Waals surface area contributed by atoms with Gasteiger partial charge in [0.05, 0.1) is 6.26 Å². The van der Waals surface area contributed by atoms with E-state index in [1.165, 1.54) is 18.2 Å². The minimum Gasteiger partial charge on any atom is -0.507 e. The van der Waals surface area contributed by atoms with Gasteiger partial charge in [-0.2, -0.15) is 0 Å². The average Bonchev–Trinajstić information content (AvgIpc) is 2.94. The fourth-order valence-electron chi connectivity index (χ4n) is 1.71. The molecule has 1 heterocycles. The van der Waals surface area contributed by atoms with Gasteiger partial charge in [-0.3, -0.25) is 0 Å². The molecule has 1 aromatic carbocycles. The van der Waals surface area contributed by atoms with E-state index in [2.05, 4.69) is 10.6 Å². The van der Waals surface area contributed by atoms with E-state index in [1.54, 1.807) is 18.4 Å². The van der Waals surface area contributed by atoms with Gasteiger partial charge in [0.25, 0.3) is 0 Å². The van der Waals surface area contributed by atoms with Crippen LogP contribution in [0.25, 0.3) is 0 Å². The van der Waals surface area contributed by atoms with Gasteiger partial charge in [0.1, 0.15) is 17.1 Å². The van der Waals surface area contributed by atoms with E-state index >= 15 is 0 Å². The molecule has 4 N–H and O–H groups in total. The molecular formula is C14H14N2O5. The summed E-state index contributed by atoms with van der Waals surface area (Å²) >= 11 is 0. The maximum absolute atomic E-state index is 11.6. The molecule has 7 nitrogen and oxygen atoms in total. The first kappa shape index (κ1) is 14.4. The summed E-state index contributed by atoms with van der Waals surface area (Å²) in [6.07, 6.45) is 2.11. The molecule has 2 aromatic rings. The fourth-order valence-corrected chi connectivity index (χ4v) is 1.71. The lowest BCUT2D eigenvalue weighted by Gasteiger charge is -2.08. The number of hydrogen-bond donors (Lipinski definition) is 4. The highest BCUT2D eigenvalue weighted by atomic mass is 16.4. The second kappa shape index (κ2) is 6.47. The first-order chi connectivity index (χ1) is 10.1. The highest BCUT2D eigenvalue weighted by Gasteiger charge is 2.11. The van der Waals surface area contributed by atoms with Crippen molar-refractivity contribution in [1.82, 2.24) is 5.32 Å². The van der Waals surface area contributed by atoms with Crippen molar-refractivity contribution in [3.05, 3.63) is 47.9 Å². The Balaban J connectivity index is 1.87. The topological polar surface area (TPSA) is 112 Å². The van der Waals surface area contributed by atoms with Crippen molar-refractivity contribution in [2.24, 2.45) is 0 Å². The number of furan rings is 1. The Labute approximate surface area is 120 Å². The largest absolute Gasteiger partial charge is 0.507 e. The standard InChI is InChI=1S/C14H14N2O5/c17-12-4-3-9(8-11(12)13(18)19)16-14(20)15-6-5-10-2-1-7-21-10/h1-4,7-8,17H,5-6H2,(H,18,19)(H2,15,16,20). The van der Waals surface area contributed by atoms with Gasteiger partial charge in [0.15, 0.2) is 0 Å². The zero-order valence-corrected chi connectivity index (χ0v) is 11.0. The minimum atomic E-state index is -1.27. The van der Waals surface area contributed by atoms with Crippen LogP contribution >= 0.6 is 0 Å². The maximum Gasteiger partial charge on any atom is 0.339 e. The molecule has 0 unspecified atom stereocenters. The Morgan fingerprint density at radius 2 is 2.05 bits per heavy atom. The lowest BCUT2D eigenvalue weighted by Crippen LogP contribution is -2.30. The number of rotatable bonds is 5. The summed E-state index contributed by atoms with van der Waals surface area (Å²) in [5.74, 6) is -0.867. The first-order valence-electron chi connectivity index (χ1n) is 6.20. The molecule has 0 saturated carbocycles. The molecule has 0 bridgehead atoms. The van der Waals surface area contributed by atoms with Gasteiger partial charge in [-0.05, 0) is 30.3 Å². The molecule has 2 rings (SSSR count). The number of carbonyl (C=O) groups is 2. The molecule has 0 aliphatic carbocycles.